The molecule has 0 aliphatic carbocycles. The van der Waals surface area contributed by atoms with Crippen molar-refractivity contribution >= 4 is 17.5 Å². The van der Waals surface area contributed by atoms with E-state index in [1.807, 2.05) is 0 Å². The van der Waals surface area contributed by atoms with Crippen LogP contribution in [0.4, 0.5) is 5.88 Å². The Morgan fingerprint density at radius 1 is 1.11 bits per heavy atom. The molecule has 1 aliphatic rings. The SMILES string of the molecule is Nc1cc(-c2cc3c(cc2Cl)OCCCO3)no1. The number of nitrogens with two attached hydrogens (primary N) is 1. The third-order valence-corrected chi connectivity index (χ3v) is 2.95. The fraction of sp³-hybridized carbons (Fsp3) is 0.250. The molecule has 0 unspecified atom stereocenters. The van der Waals surface area contributed by atoms with Crippen molar-refractivity contribution in [3.8, 4) is 22.8 Å². The van der Waals surface area contributed by atoms with Crippen LogP contribution in [0.25, 0.3) is 11.3 Å². The molecule has 0 radical (unpaired) electrons. The van der Waals surface area contributed by atoms with E-state index in [4.69, 9.17) is 31.3 Å². The summed E-state index contributed by atoms with van der Waals surface area (Å²) in [5, 5.41) is 4.36. The van der Waals surface area contributed by atoms with Crippen LogP contribution in [0.3, 0.4) is 0 Å². The molecule has 0 bridgehead atoms. The number of anilines is 1. The predicted molar refractivity (Wildman–Crippen MR) is 67.0 cm³/mol. The number of ether oxygens (including phenoxy) is 2. The van der Waals surface area contributed by atoms with Crippen LogP contribution in [0.5, 0.6) is 11.5 Å². The fourth-order valence-electron chi connectivity index (χ4n) is 1.80. The second-order valence-electron chi connectivity index (χ2n) is 3.94. The van der Waals surface area contributed by atoms with Crippen LogP contribution in [0.2, 0.25) is 5.02 Å². The van der Waals surface area contributed by atoms with Gasteiger partial charge in [0.1, 0.15) is 5.69 Å². The maximum absolute atomic E-state index is 6.20. The number of aromatic nitrogens is 1. The number of rotatable bonds is 1. The molecule has 1 aromatic heterocycles. The smallest absolute Gasteiger partial charge is 0.222 e. The van der Waals surface area contributed by atoms with Gasteiger partial charge in [-0.15, -0.1) is 0 Å². The summed E-state index contributed by atoms with van der Waals surface area (Å²) in [6.07, 6.45) is 0.846. The van der Waals surface area contributed by atoms with Gasteiger partial charge in [0.15, 0.2) is 11.5 Å². The Balaban J connectivity index is 2.08. The van der Waals surface area contributed by atoms with Crippen LogP contribution in [-0.4, -0.2) is 18.4 Å². The molecule has 1 aliphatic heterocycles. The maximum atomic E-state index is 6.20. The number of benzene rings is 1. The van der Waals surface area contributed by atoms with E-state index < -0.39 is 0 Å². The molecule has 0 saturated heterocycles. The normalized spacial score (nSPS) is 14.3. The fourth-order valence-corrected chi connectivity index (χ4v) is 2.05. The lowest BCUT2D eigenvalue weighted by Crippen LogP contribution is -1.97. The van der Waals surface area contributed by atoms with E-state index in [1.54, 1.807) is 18.2 Å². The molecule has 0 spiro atoms. The zero-order valence-corrected chi connectivity index (χ0v) is 10.2. The lowest BCUT2D eigenvalue weighted by atomic mass is 10.1. The summed E-state index contributed by atoms with van der Waals surface area (Å²) >= 11 is 6.20. The highest BCUT2D eigenvalue weighted by molar-refractivity contribution is 6.33. The average Bonchev–Trinajstić information content (AvgIpc) is 2.65. The Kier molecular flexibility index (Phi) is 2.76. The Hall–Kier alpha value is -1.88. The van der Waals surface area contributed by atoms with Crippen LogP contribution in [-0.2, 0) is 0 Å². The van der Waals surface area contributed by atoms with Crippen molar-refractivity contribution in [2.75, 3.05) is 18.9 Å². The number of hydrogen-bond donors (Lipinski definition) is 1. The van der Waals surface area contributed by atoms with Crippen molar-refractivity contribution in [2.45, 2.75) is 6.42 Å². The topological polar surface area (TPSA) is 70.5 Å². The van der Waals surface area contributed by atoms with Crippen molar-refractivity contribution in [1.29, 1.82) is 0 Å². The first kappa shape index (κ1) is 11.2. The summed E-state index contributed by atoms with van der Waals surface area (Å²) in [6, 6.07) is 5.13. The van der Waals surface area contributed by atoms with Crippen LogP contribution in [0, 0.1) is 0 Å². The Bertz CT molecular complexity index is 583. The van der Waals surface area contributed by atoms with Crippen LogP contribution < -0.4 is 15.2 Å². The zero-order valence-electron chi connectivity index (χ0n) is 9.48. The zero-order chi connectivity index (χ0) is 12.5. The monoisotopic (exact) mass is 266 g/mol. The average molecular weight is 267 g/mol. The minimum absolute atomic E-state index is 0.244. The molecular weight excluding hydrogens is 256 g/mol. The van der Waals surface area contributed by atoms with Gasteiger partial charge in [-0.05, 0) is 6.07 Å². The van der Waals surface area contributed by atoms with E-state index in [0.717, 1.165) is 6.42 Å². The van der Waals surface area contributed by atoms with Crippen molar-refractivity contribution in [3.63, 3.8) is 0 Å². The minimum Gasteiger partial charge on any atom is -0.490 e. The van der Waals surface area contributed by atoms with E-state index in [2.05, 4.69) is 5.16 Å². The molecule has 0 amide bonds. The number of nitrogen functional groups attached to an aromatic ring is 1. The highest BCUT2D eigenvalue weighted by atomic mass is 35.5. The summed E-state index contributed by atoms with van der Waals surface area (Å²) < 4.78 is 16.0. The van der Waals surface area contributed by atoms with E-state index in [-0.39, 0.29) is 5.88 Å². The first-order valence-corrected chi connectivity index (χ1v) is 5.93. The molecule has 5 nitrogen and oxygen atoms in total. The van der Waals surface area contributed by atoms with Crippen molar-refractivity contribution in [1.82, 2.24) is 5.16 Å². The molecule has 2 aromatic rings. The largest absolute Gasteiger partial charge is 0.490 e. The lowest BCUT2D eigenvalue weighted by molar-refractivity contribution is 0.297. The number of halogens is 1. The molecule has 6 heteroatoms. The molecule has 2 N–H and O–H groups in total. The summed E-state index contributed by atoms with van der Waals surface area (Å²) in [5.41, 5.74) is 6.79. The molecule has 18 heavy (non-hydrogen) atoms. The van der Waals surface area contributed by atoms with E-state index in [1.165, 1.54) is 0 Å². The number of nitrogens with zero attached hydrogens (tertiary/aromatic N) is 1. The van der Waals surface area contributed by atoms with E-state index in [0.29, 0.717) is 41.0 Å². The van der Waals surface area contributed by atoms with Gasteiger partial charge >= 0.3 is 0 Å². The number of fused-ring (bicyclic) bond motifs is 1. The van der Waals surface area contributed by atoms with Gasteiger partial charge in [0, 0.05) is 24.1 Å². The van der Waals surface area contributed by atoms with Crippen LogP contribution in [0.1, 0.15) is 6.42 Å². The van der Waals surface area contributed by atoms with Crippen molar-refractivity contribution in [3.05, 3.63) is 23.2 Å². The highest BCUT2D eigenvalue weighted by Gasteiger charge is 2.17. The maximum Gasteiger partial charge on any atom is 0.222 e. The van der Waals surface area contributed by atoms with Gasteiger partial charge < -0.3 is 19.7 Å². The Morgan fingerprint density at radius 3 is 2.50 bits per heavy atom. The standard InChI is InChI=1S/C12H11ClN2O3/c13-8-5-11-10(16-2-1-3-17-11)4-7(8)9-6-12(14)18-15-9/h4-6H,1-3,14H2. The molecular formula is C12H11ClN2O3. The summed E-state index contributed by atoms with van der Waals surface area (Å²) in [7, 11) is 0. The first-order valence-electron chi connectivity index (χ1n) is 5.56. The quantitative estimate of drug-likeness (QED) is 0.859. The summed E-state index contributed by atoms with van der Waals surface area (Å²) in [5.74, 6) is 1.55. The highest BCUT2D eigenvalue weighted by Crippen LogP contribution is 2.39. The van der Waals surface area contributed by atoms with Crippen molar-refractivity contribution < 1.29 is 14.0 Å². The van der Waals surface area contributed by atoms with Gasteiger partial charge in [0.2, 0.25) is 5.88 Å². The van der Waals surface area contributed by atoms with Gasteiger partial charge in [-0.3, -0.25) is 0 Å². The third-order valence-electron chi connectivity index (χ3n) is 2.64. The molecule has 2 heterocycles. The molecule has 0 atom stereocenters. The van der Waals surface area contributed by atoms with Gasteiger partial charge in [-0.25, -0.2) is 0 Å². The molecule has 94 valence electrons. The lowest BCUT2D eigenvalue weighted by Gasteiger charge is -2.09. The summed E-state index contributed by atoms with van der Waals surface area (Å²) in [4.78, 5) is 0. The van der Waals surface area contributed by atoms with Crippen LogP contribution >= 0.6 is 11.6 Å². The second kappa shape index (κ2) is 4.42. The molecule has 3 rings (SSSR count). The first-order chi connectivity index (χ1) is 8.74. The van der Waals surface area contributed by atoms with E-state index >= 15 is 0 Å². The van der Waals surface area contributed by atoms with Gasteiger partial charge in [-0.1, -0.05) is 16.8 Å². The van der Waals surface area contributed by atoms with Crippen molar-refractivity contribution in [2.24, 2.45) is 0 Å². The molecule has 0 fully saturated rings. The predicted octanol–water partition coefficient (Wildman–Crippen LogP) is 2.74. The number of hydrogen-bond acceptors (Lipinski definition) is 5. The van der Waals surface area contributed by atoms with Crippen LogP contribution in [0.15, 0.2) is 22.7 Å². The Morgan fingerprint density at radius 2 is 1.83 bits per heavy atom. The summed E-state index contributed by atoms with van der Waals surface area (Å²) in [6.45, 7) is 1.24. The van der Waals surface area contributed by atoms with Gasteiger partial charge in [0.05, 0.1) is 18.2 Å². The van der Waals surface area contributed by atoms with Gasteiger partial charge in [0.25, 0.3) is 0 Å². The molecule has 0 saturated carbocycles. The Labute approximate surface area is 108 Å². The van der Waals surface area contributed by atoms with Gasteiger partial charge in [-0.2, -0.15) is 0 Å². The molecule has 1 aromatic carbocycles. The van der Waals surface area contributed by atoms with E-state index in [9.17, 15) is 0 Å². The third kappa shape index (κ3) is 1.97. The second-order valence-corrected chi connectivity index (χ2v) is 4.35. The minimum atomic E-state index is 0.244.